The van der Waals surface area contributed by atoms with Crippen molar-refractivity contribution in [3.8, 4) is 0 Å². The minimum absolute atomic E-state index is 0.394. The van der Waals surface area contributed by atoms with Crippen molar-refractivity contribution in [1.29, 1.82) is 0 Å². The predicted octanol–water partition coefficient (Wildman–Crippen LogP) is 2.30. The maximum absolute atomic E-state index is 9.67. The lowest BCUT2D eigenvalue weighted by Crippen LogP contribution is -2.28. The number of rotatable bonds is 7. The zero-order chi connectivity index (χ0) is 10.3. The molecule has 0 aromatic carbocycles. The van der Waals surface area contributed by atoms with Gasteiger partial charge >= 0.3 is 0 Å². The Bertz CT molecular complexity index is 118. The normalized spacial score (nSPS) is 14.5. The van der Waals surface area contributed by atoms with Crippen LogP contribution in [0.3, 0.4) is 0 Å². The van der Waals surface area contributed by atoms with Gasteiger partial charge in [-0.25, -0.2) is 0 Å². The van der Waals surface area contributed by atoms with Gasteiger partial charge in [0, 0.05) is 0 Å². The lowest BCUT2D eigenvalue weighted by Gasteiger charge is -2.25. The minimum atomic E-state index is -0.520. The molecule has 0 heterocycles. The molecule has 0 rings (SSSR count). The summed E-state index contributed by atoms with van der Waals surface area (Å²) >= 11 is 0. The molecule has 0 aliphatic carbocycles. The van der Waals surface area contributed by atoms with Gasteiger partial charge in [-0.2, -0.15) is 0 Å². The molecule has 0 aromatic rings. The van der Waals surface area contributed by atoms with Crippen molar-refractivity contribution in [2.45, 2.75) is 58.5 Å². The van der Waals surface area contributed by atoms with Crippen molar-refractivity contribution in [3.05, 3.63) is 0 Å². The fraction of sp³-hybridized carbons (Fsp3) is 1.00. The lowest BCUT2D eigenvalue weighted by molar-refractivity contribution is 0.0203. The van der Waals surface area contributed by atoms with E-state index in [0.29, 0.717) is 5.92 Å². The third kappa shape index (κ3) is 7.03. The van der Waals surface area contributed by atoms with Crippen molar-refractivity contribution in [2.75, 3.05) is 6.54 Å². The Hall–Kier alpha value is -0.0800. The molecule has 0 amide bonds. The SMILES string of the molecule is CC(CCCCCCN)C(C)(C)O. The first kappa shape index (κ1) is 12.9. The summed E-state index contributed by atoms with van der Waals surface area (Å²) in [5, 5.41) is 9.67. The van der Waals surface area contributed by atoms with Gasteiger partial charge in [0.15, 0.2) is 0 Å². The summed E-state index contributed by atoms with van der Waals surface area (Å²) in [6.07, 6.45) is 5.95. The Labute approximate surface area is 82.5 Å². The largest absolute Gasteiger partial charge is 0.390 e. The van der Waals surface area contributed by atoms with Gasteiger partial charge in [-0.05, 0) is 39.2 Å². The number of unbranched alkanes of at least 4 members (excludes halogenated alkanes) is 3. The van der Waals surface area contributed by atoms with E-state index < -0.39 is 5.60 Å². The summed E-state index contributed by atoms with van der Waals surface area (Å²) in [6.45, 7) is 6.69. The van der Waals surface area contributed by atoms with E-state index >= 15 is 0 Å². The summed E-state index contributed by atoms with van der Waals surface area (Å²) in [7, 11) is 0. The van der Waals surface area contributed by atoms with Gasteiger partial charge in [-0.15, -0.1) is 0 Å². The highest BCUT2D eigenvalue weighted by molar-refractivity contribution is 4.72. The van der Waals surface area contributed by atoms with E-state index in [4.69, 9.17) is 5.73 Å². The van der Waals surface area contributed by atoms with Gasteiger partial charge in [0.2, 0.25) is 0 Å². The highest BCUT2D eigenvalue weighted by atomic mass is 16.3. The summed E-state index contributed by atoms with van der Waals surface area (Å²) in [5.74, 6) is 0.394. The monoisotopic (exact) mass is 187 g/mol. The van der Waals surface area contributed by atoms with E-state index in [9.17, 15) is 5.11 Å². The molecule has 0 aromatic heterocycles. The number of aliphatic hydroxyl groups is 1. The van der Waals surface area contributed by atoms with Gasteiger partial charge in [-0.1, -0.05) is 26.2 Å². The highest BCUT2D eigenvalue weighted by Crippen LogP contribution is 2.21. The topological polar surface area (TPSA) is 46.2 Å². The number of nitrogens with two attached hydrogens (primary N) is 1. The van der Waals surface area contributed by atoms with Crippen molar-refractivity contribution >= 4 is 0 Å². The highest BCUT2D eigenvalue weighted by Gasteiger charge is 2.21. The average molecular weight is 187 g/mol. The molecule has 80 valence electrons. The molecule has 0 fully saturated rings. The zero-order valence-electron chi connectivity index (χ0n) is 9.34. The number of hydrogen-bond acceptors (Lipinski definition) is 2. The van der Waals surface area contributed by atoms with Gasteiger partial charge in [0.1, 0.15) is 0 Å². The van der Waals surface area contributed by atoms with Gasteiger partial charge in [0.05, 0.1) is 5.60 Å². The van der Waals surface area contributed by atoms with Crippen LogP contribution in [0.25, 0.3) is 0 Å². The molecule has 0 radical (unpaired) electrons. The maximum Gasteiger partial charge on any atom is 0.0617 e. The molecule has 0 aliphatic rings. The van der Waals surface area contributed by atoms with Crippen LogP contribution in [0.4, 0.5) is 0 Å². The minimum Gasteiger partial charge on any atom is -0.390 e. The van der Waals surface area contributed by atoms with E-state index in [1.54, 1.807) is 0 Å². The second-order valence-electron chi connectivity index (χ2n) is 4.55. The van der Waals surface area contributed by atoms with Gasteiger partial charge in [-0.3, -0.25) is 0 Å². The second kappa shape index (κ2) is 6.39. The maximum atomic E-state index is 9.67. The van der Waals surface area contributed by atoms with Crippen LogP contribution >= 0.6 is 0 Å². The lowest BCUT2D eigenvalue weighted by atomic mass is 9.88. The Kier molecular flexibility index (Phi) is 6.35. The molecule has 0 saturated carbocycles. The number of hydrogen-bond donors (Lipinski definition) is 2. The molecular formula is C11H25NO. The molecule has 0 spiro atoms. The quantitative estimate of drug-likeness (QED) is 0.601. The van der Waals surface area contributed by atoms with Crippen LogP contribution in [0.1, 0.15) is 52.9 Å². The van der Waals surface area contributed by atoms with Crippen molar-refractivity contribution in [1.82, 2.24) is 0 Å². The van der Waals surface area contributed by atoms with Crippen molar-refractivity contribution in [2.24, 2.45) is 11.7 Å². The van der Waals surface area contributed by atoms with E-state index in [-0.39, 0.29) is 0 Å². The Morgan fingerprint density at radius 2 is 1.69 bits per heavy atom. The summed E-state index contributed by atoms with van der Waals surface area (Å²) in [4.78, 5) is 0. The smallest absolute Gasteiger partial charge is 0.0617 e. The van der Waals surface area contributed by atoms with Gasteiger partial charge in [0.25, 0.3) is 0 Å². The Morgan fingerprint density at radius 3 is 2.15 bits per heavy atom. The molecule has 13 heavy (non-hydrogen) atoms. The van der Waals surface area contributed by atoms with E-state index in [0.717, 1.165) is 19.4 Å². The van der Waals surface area contributed by atoms with Crippen LogP contribution < -0.4 is 5.73 Å². The van der Waals surface area contributed by atoms with Crippen LogP contribution in [-0.4, -0.2) is 17.3 Å². The molecular weight excluding hydrogens is 162 g/mol. The molecule has 1 unspecified atom stereocenters. The van der Waals surface area contributed by atoms with Crippen LogP contribution in [0.5, 0.6) is 0 Å². The third-order valence-electron chi connectivity index (χ3n) is 2.80. The van der Waals surface area contributed by atoms with Crippen molar-refractivity contribution in [3.63, 3.8) is 0 Å². The van der Waals surface area contributed by atoms with Gasteiger partial charge < -0.3 is 10.8 Å². The fourth-order valence-electron chi connectivity index (χ4n) is 1.30. The zero-order valence-corrected chi connectivity index (χ0v) is 9.34. The van der Waals surface area contributed by atoms with Crippen LogP contribution in [0.15, 0.2) is 0 Å². The van der Waals surface area contributed by atoms with E-state index in [1.165, 1.54) is 19.3 Å². The molecule has 1 atom stereocenters. The predicted molar refractivity (Wildman–Crippen MR) is 57.6 cm³/mol. The molecule has 2 nitrogen and oxygen atoms in total. The molecule has 0 saturated heterocycles. The Balaban J connectivity index is 3.32. The summed E-state index contributed by atoms with van der Waals surface area (Å²) < 4.78 is 0. The first-order chi connectivity index (χ1) is 5.98. The Morgan fingerprint density at radius 1 is 1.15 bits per heavy atom. The average Bonchev–Trinajstić information content (AvgIpc) is 2.02. The third-order valence-corrected chi connectivity index (χ3v) is 2.80. The second-order valence-corrected chi connectivity index (χ2v) is 4.55. The first-order valence-corrected chi connectivity index (χ1v) is 5.41. The standard InChI is InChI=1S/C11H25NO/c1-10(11(2,3)13)8-6-4-5-7-9-12/h10,13H,4-9,12H2,1-3H3. The van der Waals surface area contributed by atoms with Crippen LogP contribution in [0.2, 0.25) is 0 Å². The fourth-order valence-corrected chi connectivity index (χ4v) is 1.30. The molecule has 2 heteroatoms. The van der Waals surface area contributed by atoms with E-state index in [2.05, 4.69) is 6.92 Å². The van der Waals surface area contributed by atoms with Crippen LogP contribution in [0, 0.1) is 5.92 Å². The molecule has 3 N–H and O–H groups in total. The molecule has 0 bridgehead atoms. The van der Waals surface area contributed by atoms with Crippen molar-refractivity contribution < 1.29 is 5.11 Å². The summed E-state index contributed by atoms with van der Waals surface area (Å²) in [6, 6.07) is 0. The first-order valence-electron chi connectivity index (χ1n) is 5.41. The summed E-state index contributed by atoms with van der Waals surface area (Å²) in [5.41, 5.74) is 4.88. The van der Waals surface area contributed by atoms with Crippen LogP contribution in [-0.2, 0) is 0 Å². The molecule has 0 aliphatic heterocycles. The van der Waals surface area contributed by atoms with E-state index in [1.807, 2.05) is 13.8 Å².